The molecule has 1 aromatic heterocycles. The van der Waals surface area contributed by atoms with Gasteiger partial charge in [0.2, 0.25) is 0 Å². The van der Waals surface area contributed by atoms with E-state index in [4.69, 9.17) is 5.11 Å². The largest absolute Gasteiger partial charge is 0.481 e. The van der Waals surface area contributed by atoms with Gasteiger partial charge in [-0.15, -0.1) is 0 Å². The van der Waals surface area contributed by atoms with Crippen LogP contribution in [0.15, 0.2) is 79.0 Å². The third-order valence-electron chi connectivity index (χ3n) is 4.06. The highest BCUT2D eigenvalue weighted by molar-refractivity contribution is 5.76. The summed E-state index contributed by atoms with van der Waals surface area (Å²) in [7, 11) is 0. The molecule has 3 aromatic rings. The van der Waals surface area contributed by atoms with Gasteiger partial charge in [-0.25, -0.2) is 0 Å². The second-order valence-corrected chi connectivity index (χ2v) is 5.54. The minimum Gasteiger partial charge on any atom is -0.481 e. The lowest BCUT2D eigenvalue weighted by atomic mass is 10.1. The van der Waals surface area contributed by atoms with Gasteiger partial charge in [0.1, 0.15) is 0 Å². The van der Waals surface area contributed by atoms with Crippen molar-refractivity contribution in [1.82, 2.24) is 4.57 Å². The monoisotopic (exact) mass is 305 g/mol. The molecule has 4 rings (SSSR count). The minimum absolute atomic E-state index is 0.273. The SMILES string of the molecule is O=C(O)C1CCn2cccc21.c1ccc(-c2ccccc2)cc1. The first kappa shape index (κ1) is 15.1. The van der Waals surface area contributed by atoms with Crippen molar-refractivity contribution in [3.8, 4) is 11.1 Å². The van der Waals surface area contributed by atoms with Crippen LogP contribution in [0.25, 0.3) is 11.1 Å². The number of carboxylic acids is 1. The first-order valence-corrected chi connectivity index (χ1v) is 7.74. The highest BCUT2D eigenvalue weighted by Crippen LogP contribution is 2.27. The smallest absolute Gasteiger partial charge is 0.312 e. The molecule has 0 amide bonds. The summed E-state index contributed by atoms with van der Waals surface area (Å²) in [5.41, 5.74) is 3.49. The van der Waals surface area contributed by atoms with E-state index in [9.17, 15) is 4.79 Å². The number of aliphatic carboxylic acids is 1. The van der Waals surface area contributed by atoms with Crippen molar-refractivity contribution in [3.63, 3.8) is 0 Å². The fourth-order valence-electron chi connectivity index (χ4n) is 2.87. The molecule has 0 bridgehead atoms. The third-order valence-corrected chi connectivity index (χ3v) is 4.06. The number of hydrogen-bond donors (Lipinski definition) is 1. The fraction of sp³-hybridized carbons (Fsp3) is 0.150. The van der Waals surface area contributed by atoms with Crippen LogP contribution in [-0.2, 0) is 11.3 Å². The molecule has 23 heavy (non-hydrogen) atoms. The van der Waals surface area contributed by atoms with Crippen LogP contribution in [0, 0.1) is 0 Å². The van der Waals surface area contributed by atoms with Crippen molar-refractivity contribution in [3.05, 3.63) is 84.7 Å². The van der Waals surface area contributed by atoms with Crippen molar-refractivity contribution >= 4 is 5.97 Å². The van der Waals surface area contributed by atoms with E-state index in [0.29, 0.717) is 0 Å². The van der Waals surface area contributed by atoms with Gasteiger partial charge in [0.25, 0.3) is 0 Å². The number of carboxylic acid groups (broad SMARTS) is 1. The van der Waals surface area contributed by atoms with E-state index in [2.05, 4.69) is 48.5 Å². The maximum Gasteiger partial charge on any atom is 0.312 e. The van der Waals surface area contributed by atoms with Gasteiger partial charge < -0.3 is 9.67 Å². The Morgan fingerprint density at radius 1 is 0.870 bits per heavy atom. The maximum absolute atomic E-state index is 10.6. The summed E-state index contributed by atoms with van der Waals surface area (Å²) in [5, 5.41) is 8.77. The number of aryl methyl sites for hydroxylation is 1. The first-order valence-electron chi connectivity index (χ1n) is 7.74. The Hall–Kier alpha value is -2.81. The average molecular weight is 305 g/mol. The molecule has 0 saturated heterocycles. The van der Waals surface area contributed by atoms with Crippen molar-refractivity contribution in [2.75, 3.05) is 0 Å². The molecule has 2 aromatic carbocycles. The van der Waals surface area contributed by atoms with Gasteiger partial charge >= 0.3 is 5.97 Å². The van der Waals surface area contributed by atoms with Crippen LogP contribution < -0.4 is 0 Å². The Morgan fingerprint density at radius 3 is 1.96 bits per heavy atom. The molecule has 1 aliphatic heterocycles. The maximum atomic E-state index is 10.6. The van der Waals surface area contributed by atoms with Gasteiger partial charge in [-0.2, -0.15) is 0 Å². The van der Waals surface area contributed by atoms with Crippen LogP contribution in [0.1, 0.15) is 18.0 Å². The van der Waals surface area contributed by atoms with Crippen LogP contribution in [-0.4, -0.2) is 15.6 Å². The number of aromatic nitrogens is 1. The third kappa shape index (κ3) is 3.51. The lowest BCUT2D eigenvalue weighted by Crippen LogP contribution is -2.07. The van der Waals surface area contributed by atoms with Gasteiger partial charge in [0.05, 0.1) is 5.92 Å². The summed E-state index contributed by atoms with van der Waals surface area (Å²) in [6.07, 6.45) is 2.67. The second kappa shape index (κ2) is 6.97. The van der Waals surface area contributed by atoms with E-state index in [0.717, 1.165) is 18.7 Å². The summed E-state index contributed by atoms with van der Waals surface area (Å²) in [5.74, 6) is -0.979. The summed E-state index contributed by atoms with van der Waals surface area (Å²) in [6, 6.07) is 24.6. The molecule has 0 aliphatic carbocycles. The quantitative estimate of drug-likeness (QED) is 0.762. The standard InChI is InChI=1S/C12H10.C8H9NO2/c1-3-7-11(8-4-1)12-9-5-2-6-10-12;10-8(11)6-3-5-9-4-1-2-7(6)9/h1-10H;1-2,4,6H,3,5H2,(H,10,11). The molecule has 2 heterocycles. The number of benzene rings is 2. The van der Waals surface area contributed by atoms with Crippen LogP contribution in [0.2, 0.25) is 0 Å². The number of fused-ring (bicyclic) bond motifs is 1. The van der Waals surface area contributed by atoms with Gasteiger partial charge in [-0.1, -0.05) is 60.7 Å². The number of nitrogens with zero attached hydrogens (tertiary/aromatic N) is 1. The van der Waals surface area contributed by atoms with E-state index >= 15 is 0 Å². The van der Waals surface area contributed by atoms with Crippen LogP contribution in [0.5, 0.6) is 0 Å². The lowest BCUT2D eigenvalue weighted by Gasteiger charge is -2.00. The number of rotatable bonds is 2. The molecule has 0 saturated carbocycles. The van der Waals surface area contributed by atoms with E-state index in [1.807, 2.05) is 35.0 Å². The zero-order chi connectivity index (χ0) is 16.1. The zero-order valence-corrected chi connectivity index (χ0v) is 12.8. The van der Waals surface area contributed by atoms with Gasteiger partial charge in [-0.05, 0) is 29.7 Å². The number of hydrogen-bond acceptors (Lipinski definition) is 1. The predicted molar refractivity (Wildman–Crippen MR) is 91.3 cm³/mol. The molecule has 0 radical (unpaired) electrons. The molecule has 0 spiro atoms. The van der Waals surface area contributed by atoms with E-state index in [1.54, 1.807) is 0 Å². The van der Waals surface area contributed by atoms with E-state index in [-0.39, 0.29) is 5.92 Å². The summed E-state index contributed by atoms with van der Waals surface area (Å²) in [4.78, 5) is 10.6. The topological polar surface area (TPSA) is 42.2 Å². The lowest BCUT2D eigenvalue weighted by molar-refractivity contribution is -0.138. The molecule has 1 atom stereocenters. The highest BCUT2D eigenvalue weighted by atomic mass is 16.4. The Labute approximate surface area is 135 Å². The van der Waals surface area contributed by atoms with Gasteiger partial charge in [0.15, 0.2) is 0 Å². The van der Waals surface area contributed by atoms with E-state index < -0.39 is 5.97 Å². The average Bonchev–Trinajstić information content (AvgIpc) is 3.20. The summed E-state index contributed by atoms with van der Waals surface area (Å²) >= 11 is 0. The molecule has 3 nitrogen and oxygen atoms in total. The minimum atomic E-state index is -0.706. The summed E-state index contributed by atoms with van der Waals surface area (Å²) < 4.78 is 2.00. The number of carbonyl (C=O) groups is 1. The van der Waals surface area contributed by atoms with Crippen molar-refractivity contribution < 1.29 is 9.90 Å². The molecular formula is C20H19NO2. The Balaban J connectivity index is 0.000000136. The molecule has 0 fully saturated rings. The Bertz CT molecular complexity index is 725. The molecule has 116 valence electrons. The van der Waals surface area contributed by atoms with E-state index in [1.165, 1.54) is 11.1 Å². The Kier molecular flexibility index (Phi) is 4.57. The molecular weight excluding hydrogens is 286 g/mol. The Morgan fingerprint density at radius 2 is 1.43 bits per heavy atom. The van der Waals surface area contributed by atoms with Crippen molar-refractivity contribution in [2.45, 2.75) is 18.9 Å². The predicted octanol–water partition coefficient (Wildman–Crippen LogP) is 4.41. The molecule has 1 unspecified atom stereocenters. The molecule has 1 aliphatic rings. The van der Waals surface area contributed by atoms with Crippen molar-refractivity contribution in [1.29, 1.82) is 0 Å². The van der Waals surface area contributed by atoms with Crippen LogP contribution >= 0.6 is 0 Å². The second-order valence-electron chi connectivity index (χ2n) is 5.54. The molecule has 3 heteroatoms. The highest BCUT2D eigenvalue weighted by Gasteiger charge is 2.27. The first-order chi connectivity index (χ1) is 11.3. The zero-order valence-electron chi connectivity index (χ0n) is 12.8. The van der Waals surface area contributed by atoms with Crippen LogP contribution in [0.3, 0.4) is 0 Å². The molecule has 1 N–H and O–H groups in total. The summed E-state index contributed by atoms with van der Waals surface area (Å²) in [6.45, 7) is 0.847. The van der Waals surface area contributed by atoms with Crippen molar-refractivity contribution in [2.24, 2.45) is 0 Å². The van der Waals surface area contributed by atoms with Gasteiger partial charge in [-0.3, -0.25) is 4.79 Å². The van der Waals surface area contributed by atoms with Gasteiger partial charge in [0, 0.05) is 18.4 Å². The normalized spacial score (nSPS) is 15.4. The fourth-order valence-corrected chi connectivity index (χ4v) is 2.87. The van der Waals surface area contributed by atoms with Crippen LogP contribution in [0.4, 0.5) is 0 Å².